The molecule has 2 amide bonds. The van der Waals surface area contributed by atoms with E-state index in [0.29, 0.717) is 17.2 Å². The summed E-state index contributed by atoms with van der Waals surface area (Å²) in [6.45, 7) is -1.40. The molecule has 0 radical (unpaired) electrons. The Morgan fingerprint density at radius 1 is 1.03 bits per heavy atom. The molecule has 4 rings (SSSR count). The van der Waals surface area contributed by atoms with Crippen LogP contribution in [-0.4, -0.2) is 40.2 Å². The molecule has 4 aromatic rings. The largest absolute Gasteiger partial charge is 0.481 e. The number of nitrogens with one attached hydrogen (secondary N) is 2. The fourth-order valence-corrected chi connectivity index (χ4v) is 3.16. The lowest BCUT2D eigenvalue weighted by molar-refractivity contribution is -0.122. The number of hydrogen-bond donors (Lipinski definition) is 2. The fraction of sp³-hybridized carbons (Fsp3) is 0.136. The molecular formula is C22H18F3N5O2. The van der Waals surface area contributed by atoms with Crippen molar-refractivity contribution in [3.63, 3.8) is 0 Å². The van der Waals surface area contributed by atoms with E-state index in [-0.39, 0.29) is 0 Å². The number of benzene rings is 1. The van der Waals surface area contributed by atoms with E-state index in [1.54, 1.807) is 49.1 Å². The van der Waals surface area contributed by atoms with E-state index >= 15 is 0 Å². The molecule has 0 atom stereocenters. The summed E-state index contributed by atoms with van der Waals surface area (Å²) in [4.78, 5) is 20.4. The maximum atomic E-state index is 12.3. The van der Waals surface area contributed by atoms with Crippen molar-refractivity contribution < 1.29 is 22.7 Å². The zero-order chi connectivity index (χ0) is 22.7. The first kappa shape index (κ1) is 21.2. The average molecular weight is 441 g/mol. The summed E-state index contributed by atoms with van der Waals surface area (Å²) in [7, 11) is 1.56. The highest BCUT2D eigenvalue weighted by Gasteiger charge is 2.27. The molecular weight excluding hydrogens is 423 g/mol. The van der Waals surface area contributed by atoms with E-state index in [1.807, 2.05) is 34.9 Å². The molecule has 1 aromatic carbocycles. The van der Waals surface area contributed by atoms with Gasteiger partial charge >= 0.3 is 12.2 Å². The second-order valence-corrected chi connectivity index (χ2v) is 6.88. The number of rotatable bonds is 5. The Hall–Kier alpha value is -4.08. The standard InChI is InChI=1S/C22H18F3N5O2/c1-32-20-6-5-16(11-27-20)14-7-8-30-18(12-26-19(30)10-14)15-3-2-4-17(9-15)29-21(31)28-13-22(23,24)25/h2-12H,13H2,1H3,(H2,28,29,31). The number of carbonyl (C=O) groups excluding carboxylic acids is 1. The van der Waals surface area contributed by atoms with E-state index in [4.69, 9.17) is 4.74 Å². The lowest BCUT2D eigenvalue weighted by Gasteiger charge is -2.11. The molecule has 10 heteroatoms. The molecule has 32 heavy (non-hydrogen) atoms. The van der Waals surface area contributed by atoms with Crippen LogP contribution in [0.4, 0.5) is 23.7 Å². The molecule has 0 aliphatic heterocycles. The van der Waals surface area contributed by atoms with Gasteiger partial charge in [0, 0.05) is 35.3 Å². The maximum absolute atomic E-state index is 12.3. The molecule has 2 N–H and O–H groups in total. The molecule has 0 spiro atoms. The van der Waals surface area contributed by atoms with Gasteiger partial charge in [0.2, 0.25) is 5.88 Å². The van der Waals surface area contributed by atoms with Crippen LogP contribution in [0.3, 0.4) is 0 Å². The van der Waals surface area contributed by atoms with Crippen LogP contribution in [0.1, 0.15) is 0 Å². The van der Waals surface area contributed by atoms with Gasteiger partial charge in [-0.25, -0.2) is 14.8 Å². The number of urea groups is 1. The number of amides is 2. The van der Waals surface area contributed by atoms with Gasteiger partial charge in [0.05, 0.1) is 19.0 Å². The molecule has 0 saturated heterocycles. The Labute approximate surface area is 180 Å². The summed E-state index contributed by atoms with van der Waals surface area (Å²) in [5.41, 5.74) is 4.41. The number of fused-ring (bicyclic) bond motifs is 1. The predicted octanol–water partition coefficient (Wildman–Crippen LogP) is 4.76. The Balaban J connectivity index is 1.56. The fourth-order valence-electron chi connectivity index (χ4n) is 3.16. The molecule has 164 valence electrons. The zero-order valence-corrected chi connectivity index (χ0v) is 16.8. The number of aromatic nitrogens is 3. The van der Waals surface area contributed by atoms with Crippen molar-refractivity contribution in [3.8, 4) is 28.3 Å². The molecule has 0 unspecified atom stereocenters. The molecule has 0 aliphatic carbocycles. The van der Waals surface area contributed by atoms with Crippen molar-refractivity contribution in [2.75, 3.05) is 19.0 Å². The van der Waals surface area contributed by atoms with Crippen LogP contribution in [0.15, 0.2) is 67.1 Å². The normalized spacial score (nSPS) is 11.4. The van der Waals surface area contributed by atoms with Crippen LogP contribution in [0.2, 0.25) is 0 Å². The van der Waals surface area contributed by atoms with E-state index in [9.17, 15) is 18.0 Å². The van der Waals surface area contributed by atoms with Crippen molar-refractivity contribution in [2.45, 2.75) is 6.18 Å². The van der Waals surface area contributed by atoms with Gasteiger partial charge < -0.3 is 15.4 Å². The number of hydrogen-bond acceptors (Lipinski definition) is 4. The van der Waals surface area contributed by atoms with Crippen molar-refractivity contribution in [1.82, 2.24) is 19.7 Å². The second-order valence-electron chi connectivity index (χ2n) is 6.88. The lowest BCUT2D eigenvalue weighted by atomic mass is 10.1. The lowest BCUT2D eigenvalue weighted by Crippen LogP contribution is -2.36. The number of ether oxygens (including phenoxy) is 1. The quantitative estimate of drug-likeness (QED) is 0.468. The molecule has 0 saturated carbocycles. The highest BCUT2D eigenvalue weighted by atomic mass is 19.4. The summed E-state index contributed by atoms with van der Waals surface area (Å²) >= 11 is 0. The second kappa shape index (κ2) is 8.58. The SMILES string of the molecule is COc1ccc(-c2ccn3c(-c4cccc(NC(=O)NCC(F)(F)F)c4)cnc3c2)cn1. The third-order valence-electron chi connectivity index (χ3n) is 4.66. The van der Waals surface area contributed by atoms with E-state index in [2.05, 4.69) is 15.3 Å². The number of methoxy groups -OCH3 is 1. The summed E-state index contributed by atoms with van der Waals surface area (Å²) in [5, 5.41) is 4.19. The number of alkyl halides is 3. The minimum absolute atomic E-state index is 0.359. The minimum Gasteiger partial charge on any atom is -0.481 e. The van der Waals surface area contributed by atoms with E-state index in [1.165, 1.54) is 0 Å². The first-order valence-electron chi connectivity index (χ1n) is 9.52. The Bertz CT molecular complexity index is 1250. The van der Waals surface area contributed by atoms with Gasteiger partial charge in [-0.15, -0.1) is 0 Å². The topological polar surface area (TPSA) is 80.5 Å². The monoisotopic (exact) mass is 441 g/mol. The number of pyridine rings is 2. The summed E-state index contributed by atoms with van der Waals surface area (Å²) in [5.74, 6) is 0.526. The Morgan fingerprint density at radius 3 is 2.59 bits per heavy atom. The smallest absolute Gasteiger partial charge is 0.405 e. The Kier molecular flexibility index (Phi) is 5.67. The average Bonchev–Trinajstić information content (AvgIpc) is 3.21. The van der Waals surface area contributed by atoms with Crippen molar-refractivity contribution in [2.24, 2.45) is 0 Å². The van der Waals surface area contributed by atoms with Crippen LogP contribution in [0.5, 0.6) is 5.88 Å². The highest BCUT2D eigenvalue weighted by molar-refractivity contribution is 5.90. The molecule has 0 fully saturated rings. The van der Waals surface area contributed by atoms with Gasteiger partial charge in [-0.2, -0.15) is 13.2 Å². The van der Waals surface area contributed by atoms with Crippen LogP contribution in [-0.2, 0) is 0 Å². The van der Waals surface area contributed by atoms with E-state index < -0.39 is 18.8 Å². The van der Waals surface area contributed by atoms with Gasteiger partial charge in [0.15, 0.2) is 0 Å². The molecule has 3 aromatic heterocycles. The number of nitrogens with zero attached hydrogens (tertiary/aromatic N) is 3. The van der Waals surface area contributed by atoms with Crippen LogP contribution in [0, 0.1) is 0 Å². The zero-order valence-electron chi connectivity index (χ0n) is 16.8. The first-order chi connectivity index (χ1) is 15.3. The van der Waals surface area contributed by atoms with Crippen LogP contribution in [0.25, 0.3) is 28.0 Å². The predicted molar refractivity (Wildman–Crippen MR) is 113 cm³/mol. The van der Waals surface area contributed by atoms with Crippen LogP contribution >= 0.6 is 0 Å². The molecule has 0 bridgehead atoms. The van der Waals surface area contributed by atoms with Gasteiger partial charge in [-0.1, -0.05) is 12.1 Å². The molecule has 0 aliphatic rings. The third kappa shape index (κ3) is 4.80. The van der Waals surface area contributed by atoms with E-state index in [0.717, 1.165) is 22.4 Å². The first-order valence-corrected chi connectivity index (χ1v) is 9.52. The Morgan fingerprint density at radius 2 is 1.88 bits per heavy atom. The van der Waals surface area contributed by atoms with Gasteiger partial charge in [0.25, 0.3) is 0 Å². The minimum atomic E-state index is -4.48. The molecule has 3 heterocycles. The van der Waals surface area contributed by atoms with Gasteiger partial charge in [-0.3, -0.25) is 4.40 Å². The summed E-state index contributed by atoms with van der Waals surface area (Å²) in [6.07, 6.45) is 0.797. The van der Waals surface area contributed by atoms with Crippen molar-refractivity contribution >= 4 is 17.4 Å². The maximum Gasteiger partial charge on any atom is 0.405 e. The number of halogens is 3. The van der Waals surface area contributed by atoms with Crippen molar-refractivity contribution in [1.29, 1.82) is 0 Å². The van der Waals surface area contributed by atoms with Gasteiger partial charge in [-0.05, 0) is 35.9 Å². The third-order valence-corrected chi connectivity index (χ3v) is 4.66. The van der Waals surface area contributed by atoms with Crippen LogP contribution < -0.4 is 15.4 Å². The highest BCUT2D eigenvalue weighted by Crippen LogP contribution is 2.27. The summed E-state index contributed by atoms with van der Waals surface area (Å²) in [6, 6.07) is 13.4. The van der Waals surface area contributed by atoms with Crippen molar-refractivity contribution in [3.05, 3.63) is 67.1 Å². The number of anilines is 1. The number of imidazole rings is 1. The molecule has 7 nitrogen and oxygen atoms in total. The van der Waals surface area contributed by atoms with Gasteiger partial charge in [0.1, 0.15) is 12.2 Å². The number of carbonyl (C=O) groups is 1. The summed E-state index contributed by atoms with van der Waals surface area (Å²) < 4.78 is 43.7.